The third-order valence-corrected chi connectivity index (χ3v) is 7.80. The molecule has 4 aromatic rings. The van der Waals surface area contributed by atoms with Crippen molar-refractivity contribution in [3.63, 3.8) is 0 Å². The second-order valence-corrected chi connectivity index (χ2v) is 10.5. The Morgan fingerprint density at radius 1 is 0.897 bits per heavy atom. The van der Waals surface area contributed by atoms with Gasteiger partial charge in [0.05, 0.1) is 5.41 Å². The Morgan fingerprint density at radius 3 is 2.15 bits per heavy atom. The van der Waals surface area contributed by atoms with Crippen molar-refractivity contribution < 1.29 is 27.2 Å². The van der Waals surface area contributed by atoms with Crippen LogP contribution in [0.3, 0.4) is 0 Å². The SMILES string of the molecule is NC(=O)C1(Cc2nc3cc(-c4ccc(C(=O)N5CCC(F)(F)CC5)cc4)cc(-c4ccc(F)cc4)c3o2)CC1. The molecule has 2 aliphatic rings. The van der Waals surface area contributed by atoms with E-state index in [4.69, 9.17) is 10.2 Å². The average Bonchev–Trinajstić information content (AvgIpc) is 3.59. The largest absolute Gasteiger partial charge is 0.440 e. The Balaban J connectivity index is 1.34. The van der Waals surface area contributed by atoms with Crippen molar-refractivity contribution in [1.82, 2.24) is 9.88 Å². The second kappa shape index (κ2) is 9.25. The van der Waals surface area contributed by atoms with Gasteiger partial charge in [-0.1, -0.05) is 24.3 Å². The van der Waals surface area contributed by atoms with E-state index in [1.807, 2.05) is 12.1 Å². The van der Waals surface area contributed by atoms with E-state index in [0.717, 1.165) is 16.7 Å². The van der Waals surface area contributed by atoms with Crippen LogP contribution in [-0.2, 0) is 11.2 Å². The van der Waals surface area contributed by atoms with Crippen LogP contribution < -0.4 is 5.73 Å². The van der Waals surface area contributed by atoms with Gasteiger partial charge < -0.3 is 15.1 Å². The van der Waals surface area contributed by atoms with Crippen LogP contribution in [0.4, 0.5) is 13.2 Å². The van der Waals surface area contributed by atoms with Gasteiger partial charge in [0.1, 0.15) is 11.3 Å². The smallest absolute Gasteiger partial charge is 0.253 e. The number of piperidine rings is 1. The van der Waals surface area contributed by atoms with E-state index in [0.29, 0.717) is 47.4 Å². The summed E-state index contributed by atoms with van der Waals surface area (Å²) in [4.78, 5) is 30.9. The number of oxazole rings is 1. The molecule has 2 amide bonds. The quantitative estimate of drug-likeness (QED) is 0.330. The molecule has 2 fully saturated rings. The lowest BCUT2D eigenvalue weighted by Gasteiger charge is -2.31. The van der Waals surface area contributed by atoms with Crippen molar-refractivity contribution in [3.8, 4) is 22.3 Å². The van der Waals surface area contributed by atoms with E-state index in [1.54, 1.807) is 36.4 Å². The van der Waals surface area contributed by atoms with E-state index in [2.05, 4.69) is 4.98 Å². The van der Waals surface area contributed by atoms with E-state index in [9.17, 15) is 22.8 Å². The fourth-order valence-electron chi connectivity index (χ4n) is 5.14. The third kappa shape index (κ3) is 4.89. The number of nitrogens with two attached hydrogens (primary N) is 1. The Labute approximate surface area is 222 Å². The number of halogens is 3. The van der Waals surface area contributed by atoms with E-state index < -0.39 is 11.3 Å². The van der Waals surface area contributed by atoms with Crippen LogP contribution in [0.25, 0.3) is 33.4 Å². The molecule has 0 unspecified atom stereocenters. The molecule has 2 heterocycles. The number of carbonyl (C=O) groups is 2. The molecule has 2 N–H and O–H groups in total. The van der Waals surface area contributed by atoms with Crippen LogP contribution in [0.2, 0.25) is 0 Å². The summed E-state index contributed by atoms with van der Waals surface area (Å²) in [6.45, 7) is 0.0492. The van der Waals surface area contributed by atoms with Gasteiger partial charge >= 0.3 is 0 Å². The Hall–Kier alpha value is -4.14. The van der Waals surface area contributed by atoms with E-state index >= 15 is 0 Å². The van der Waals surface area contributed by atoms with Crippen LogP contribution in [-0.4, -0.2) is 40.7 Å². The van der Waals surface area contributed by atoms with Gasteiger partial charge in [-0.05, 0) is 65.9 Å². The summed E-state index contributed by atoms with van der Waals surface area (Å²) in [5.41, 5.74) is 9.56. The highest BCUT2D eigenvalue weighted by Gasteiger charge is 2.49. The van der Waals surface area contributed by atoms with Gasteiger partial charge in [0.2, 0.25) is 5.91 Å². The number of carbonyl (C=O) groups excluding carboxylic acids is 2. The zero-order chi connectivity index (χ0) is 27.4. The number of fused-ring (bicyclic) bond motifs is 1. The van der Waals surface area contributed by atoms with E-state index in [1.165, 1.54) is 17.0 Å². The maximum absolute atomic E-state index is 13.7. The van der Waals surface area contributed by atoms with Gasteiger partial charge in [-0.25, -0.2) is 18.2 Å². The average molecular weight is 534 g/mol. The minimum Gasteiger partial charge on any atom is -0.440 e. The first-order valence-corrected chi connectivity index (χ1v) is 12.9. The van der Waals surface area contributed by atoms with Gasteiger partial charge in [-0.3, -0.25) is 9.59 Å². The molecule has 1 aliphatic heterocycles. The van der Waals surface area contributed by atoms with Gasteiger partial charge in [0.15, 0.2) is 11.5 Å². The summed E-state index contributed by atoms with van der Waals surface area (Å²) in [7, 11) is 0. The maximum atomic E-state index is 13.7. The number of aromatic nitrogens is 1. The summed E-state index contributed by atoms with van der Waals surface area (Å²) in [6.07, 6.45) is 1.05. The lowest BCUT2D eigenvalue weighted by atomic mass is 9.97. The Kier molecular flexibility index (Phi) is 5.97. The molecule has 9 heteroatoms. The number of nitrogens with zero attached hydrogens (tertiary/aromatic N) is 2. The highest BCUT2D eigenvalue weighted by molar-refractivity contribution is 5.97. The summed E-state index contributed by atoms with van der Waals surface area (Å²) < 4.78 is 46.8. The molecule has 1 saturated carbocycles. The number of alkyl halides is 2. The van der Waals surface area contributed by atoms with Crippen molar-refractivity contribution in [2.24, 2.45) is 11.1 Å². The topological polar surface area (TPSA) is 89.4 Å². The lowest BCUT2D eigenvalue weighted by Crippen LogP contribution is -2.42. The standard InChI is InChI=1S/C30H26F3N3O3/c31-22-7-5-19(6-8-22)23-15-21(16-24-26(23)39-25(35-24)17-29(9-10-29)28(34)38)18-1-3-20(4-2-18)27(37)36-13-11-30(32,33)12-14-36/h1-8,15-16H,9-14,17H2,(H2,34,38). The van der Waals surface area contributed by atoms with Crippen molar-refractivity contribution in [2.75, 3.05) is 13.1 Å². The maximum Gasteiger partial charge on any atom is 0.253 e. The molecule has 6 rings (SSSR count). The number of hydrogen-bond donors (Lipinski definition) is 1. The Morgan fingerprint density at radius 2 is 1.54 bits per heavy atom. The predicted molar refractivity (Wildman–Crippen MR) is 139 cm³/mol. The predicted octanol–water partition coefficient (Wildman–Crippen LogP) is 5.98. The third-order valence-electron chi connectivity index (χ3n) is 7.80. The molecule has 1 aliphatic carbocycles. The monoisotopic (exact) mass is 533 g/mol. The van der Waals surface area contributed by atoms with Gasteiger partial charge in [-0.15, -0.1) is 0 Å². The number of amides is 2. The van der Waals surface area contributed by atoms with Crippen LogP contribution in [0.5, 0.6) is 0 Å². The summed E-state index contributed by atoms with van der Waals surface area (Å²) >= 11 is 0. The number of primary amides is 1. The van der Waals surface area contributed by atoms with Crippen molar-refractivity contribution in [1.29, 1.82) is 0 Å². The van der Waals surface area contributed by atoms with E-state index in [-0.39, 0.29) is 43.6 Å². The molecular weight excluding hydrogens is 507 g/mol. The van der Waals surface area contributed by atoms with Crippen LogP contribution in [0.15, 0.2) is 65.1 Å². The van der Waals surface area contributed by atoms with Crippen LogP contribution in [0, 0.1) is 11.2 Å². The number of rotatable bonds is 6. The second-order valence-electron chi connectivity index (χ2n) is 10.5. The minimum absolute atomic E-state index is 0.0246. The minimum atomic E-state index is -2.72. The first-order valence-electron chi connectivity index (χ1n) is 12.9. The first kappa shape index (κ1) is 25.2. The van der Waals surface area contributed by atoms with Crippen LogP contribution >= 0.6 is 0 Å². The summed E-state index contributed by atoms with van der Waals surface area (Å²) in [5.74, 6) is -3.31. The zero-order valence-electron chi connectivity index (χ0n) is 21.1. The van der Waals surface area contributed by atoms with Crippen LogP contribution in [0.1, 0.15) is 41.9 Å². The summed E-state index contributed by atoms with van der Waals surface area (Å²) in [6, 6.07) is 16.8. The molecule has 1 saturated heterocycles. The number of hydrogen-bond acceptors (Lipinski definition) is 4. The van der Waals surface area contributed by atoms with Crippen molar-refractivity contribution >= 4 is 22.9 Å². The lowest BCUT2D eigenvalue weighted by molar-refractivity contribution is -0.123. The molecule has 1 aromatic heterocycles. The molecule has 0 atom stereocenters. The highest BCUT2D eigenvalue weighted by Crippen LogP contribution is 2.48. The van der Waals surface area contributed by atoms with Gasteiger partial charge in [0.25, 0.3) is 11.8 Å². The molecule has 39 heavy (non-hydrogen) atoms. The first-order chi connectivity index (χ1) is 18.6. The molecule has 200 valence electrons. The van der Waals surface area contributed by atoms with Gasteiger partial charge in [0, 0.05) is 43.5 Å². The number of benzene rings is 3. The fraction of sp³-hybridized carbons (Fsp3) is 0.300. The molecule has 0 spiro atoms. The fourth-order valence-corrected chi connectivity index (χ4v) is 5.14. The zero-order valence-corrected chi connectivity index (χ0v) is 21.1. The summed E-state index contributed by atoms with van der Waals surface area (Å²) in [5, 5.41) is 0. The molecule has 0 bridgehead atoms. The molecular formula is C30H26F3N3O3. The molecule has 6 nitrogen and oxygen atoms in total. The Bertz CT molecular complexity index is 1570. The highest BCUT2D eigenvalue weighted by atomic mass is 19.3. The normalized spacial score (nSPS) is 17.8. The van der Waals surface area contributed by atoms with Crippen molar-refractivity contribution in [3.05, 3.63) is 77.9 Å². The van der Waals surface area contributed by atoms with Gasteiger partial charge in [-0.2, -0.15) is 0 Å². The van der Waals surface area contributed by atoms with Crippen molar-refractivity contribution in [2.45, 2.75) is 38.0 Å². The molecule has 0 radical (unpaired) electrons. The number of likely N-dealkylation sites (tertiary alicyclic amines) is 1. The molecule has 3 aromatic carbocycles.